The summed E-state index contributed by atoms with van der Waals surface area (Å²) < 4.78 is 0. The van der Waals surface area contributed by atoms with Crippen LogP contribution in [0.4, 0.5) is 5.69 Å². The van der Waals surface area contributed by atoms with Gasteiger partial charge in [0.05, 0.1) is 0 Å². The standard InChI is InChI=1S/C13H17NO2/c1-10(16)14-12-4-2-3-11(7-12)8-13(9-15)5-6-13/h2-4,7,15H,5-6,8-9H2,1H3,(H,14,16). The first-order chi connectivity index (χ1) is 7.63. The normalized spacial score (nSPS) is 16.9. The topological polar surface area (TPSA) is 49.3 Å². The van der Waals surface area contributed by atoms with E-state index >= 15 is 0 Å². The third-order valence-electron chi connectivity index (χ3n) is 3.12. The van der Waals surface area contributed by atoms with Gasteiger partial charge in [-0.05, 0) is 42.4 Å². The Morgan fingerprint density at radius 3 is 2.81 bits per heavy atom. The van der Waals surface area contributed by atoms with E-state index in [4.69, 9.17) is 0 Å². The van der Waals surface area contributed by atoms with Crippen LogP contribution in [-0.4, -0.2) is 17.6 Å². The van der Waals surface area contributed by atoms with Crippen LogP contribution in [0.15, 0.2) is 24.3 Å². The van der Waals surface area contributed by atoms with E-state index in [1.807, 2.05) is 24.3 Å². The maximum atomic E-state index is 10.9. The first-order valence-electron chi connectivity index (χ1n) is 5.61. The Morgan fingerprint density at radius 1 is 1.50 bits per heavy atom. The van der Waals surface area contributed by atoms with Gasteiger partial charge in [0.15, 0.2) is 0 Å². The molecule has 3 heteroatoms. The Labute approximate surface area is 95.5 Å². The first kappa shape index (κ1) is 11.1. The average Bonchev–Trinajstić information content (AvgIpc) is 2.98. The van der Waals surface area contributed by atoms with Crippen molar-refractivity contribution >= 4 is 11.6 Å². The molecule has 3 nitrogen and oxygen atoms in total. The molecule has 2 rings (SSSR count). The molecule has 0 saturated heterocycles. The highest BCUT2D eigenvalue weighted by molar-refractivity contribution is 5.88. The smallest absolute Gasteiger partial charge is 0.221 e. The molecule has 0 unspecified atom stereocenters. The number of carbonyl (C=O) groups excluding carboxylic acids is 1. The number of anilines is 1. The van der Waals surface area contributed by atoms with Crippen molar-refractivity contribution in [3.8, 4) is 0 Å². The zero-order chi connectivity index (χ0) is 11.6. The average molecular weight is 219 g/mol. The van der Waals surface area contributed by atoms with Crippen LogP contribution in [-0.2, 0) is 11.2 Å². The van der Waals surface area contributed by atoms with Gasteiger partial charge in [-0.25, -0.2) is 0 Å². The van der Waals surface area contributed by atoms with Crippen molar-refractivity contribution in [2.45, 2.75) is 26.2 Å². The van der Waals surface area contributed by atoms with Crippen molar-refractivity contribution in [1.29, 1.82) is 0 Å². The lowest BCUT2D eigenvalue weighted by atomic mass is 9.97. The fourth-order valence-electron chi connectivity index (χ4n) is 1.96. The number of aliphatic hydroxyl groups excluding tert-OH is 1. The second-order valence-electron chi connectivity index (χ2n) is 4.72. The predicted octanol–water partition coefficient (Wildman–Crippen LogP) is 1.96. The molecule has 1 amide bonds. The van der Waals surface area contributed by atoms with E-state index in [1.165, 1.54) is 12.5 Å². The molecule has 1 aliphatic rings. The van der Waals surface area contributed by atoms with Gasteiger partial charge < -0.3 is 10.4 Å². The summed E-state index contributed by atoms with van der Waals surface area (Å²) in [6.07, 6.45) is 3.11. The molecule has 0 atom stereocenters. The first-order valence-corrected chi connectivity index (χ1v) is 5.61. The lowest BCUT2D eigenvalue weighted by Crippen LogP contribution is -2.11. The molecule has 0 bridgehead atoms. The van der Waals surface area contributed by atoms with Gasteiger partial charge in [0, 0.05) is 19.2 Å². The second kappa shape index (κ2) is 4.26. The molecule has 0 aromatic heterocycles. The van der Waals surface area contributed by atoms with E-state index < -0.39 is 0 Å². The Kier molecular flexibility index (Phi) is 2.97. The second-order valence-corrected chi connectivity index (χ2v) is 4.72. The molecule has 0 radical (unpaired) electrons. The van der Waals surface area contributed by atoms with Crippen LogP contribution in [0.2, 0.25) is 0 Å². The number of aliphatic hydroxyl groups is 1. The van der Waals surface area contributed by atoms with Crippen LogP contribution in [0.3, 0.4) is 0 Å². The molecule has 1 fully saturated rings. The zero-order valence-corrected chi connectivity index (χ0v) is 9.49. The minimum absolute atomic E-state index is 0.0551. The minimum atomic E-state index is -0.0551. The third kappa shape index (κ3) is 2.61. The summed E-state index contributed by atoms with van der Waals surface area (Å²) in [7, 11) is 0. The molecule has 1 aromatic carbocycles. The van der Waals surface area contributed by atoms with Crippen LogP contribution < -0.4 is 5.32 Å². The van der Waals surface area contributed by atoms with E-state index in [9.17, 15) is 9.90 Å². The number of rotatable bonds is 4. The van der Waals surface area contributed by atoms with Gasteiger partial charge in [-0.15, -0.1) is 0 Å². The van der Waals surface area contributed by atoms with Crippen LogP contribution in [0, 0.1) is 5.41 Å². The molecule has 0 spiro atoms. The van der Waals surface area contributed by atoms with Crippen molar-refractivity contribution in [2.24, 2.45) is 5.41 Å². The van der Waals surface area contributed by atoms with Gasteiger partial charge in [0.25, 0.3) is 0 Å². The summed E-state index contributed by atoms with van der Waals surface area (Å²) in [4.78, 5) is 10.9. The molecular weight excluding hydrogens is 202 g/mol. The predicted molar refractivity (Wildman–Crippen MR) is 63.2 cm³/mol. The van der Waals surface area contributed by atoms with Crippen LogP contribution in [0.1, 0.15) is 25.3 Å². The molecule has 1 aliphatic carbocycles. The van der Waals surface area contributed by atoms with Gasteiger partial charge in [-0.3, -0.25) is 4.79 Å². The van der Waals surface area contributed by atoms with Crippen molar-refractivity contribution in [1.82, 2.24) is 0 Å². The maximum absolute atomic E-state index is 10.9. The van der Waals surface area contributed by atoms with Crippen molar-refractivity contribution in [3.63, 3.8) is 0 Å². The number of hydrogen-bond acceptors (Lipinski definition) is 2. The van der Waals surface area contributed by atoms with Crippen LogP contribution in [0.5, 0.6) is 0 Å². The molecule has 16 heavy (non-hydrogen) atoms. The van der Waals surface area contributed by atoms with Crippen molar-refractivity contribution in [2.75, 3.05) is 11.9 Å². The van der Waals surface area contributed by atoms with Crippen molar-refractivity contribution < 1.29 is 9.90 Å². The fourth-order valence-corrected chi connectivity index (χ4v) is 1.96. The molecule has 1 aromatic rings. The number of amides is 1. The fraction of sp³-hybridized carbons (Fsp3) is 0.462. The largest absolute Gasteiger partial charge is 0.396 e. The number of nitrogens with one attached hydrogen (secondary N) is 1. The van der Waals surface area contributed by atoms with E-state index in [2.05, 4.69) is 5.32 Å². The Morgan fingerprint density at radius 2 is 2.25 bits per heavy atom. The highest BCUT2D eigenvalue weighted by Gasteiger charge is 2.41. The number of benzene rings is 1. The summed E-state index contributed by atoms with van der Waals surface area (Å²) in [6.45, 7) is 1.76. The lowest BCUT2D eigenvalue weighted by Gasteiger charge is -2.12. The summed E-state index contributed by atoms with van der Waals surface area (Å²) in [5, 5.41) is 12.0. The maximum Gasteiger partial charge on any atom is 0.221 e. The van der Waals surface area contributed by atoms with Gasteiger partial charge in [0.2, 0.25) is 5.91 Å². The van der Waals surface area contributed by atoms with Crippen LogP contribution in [0.25, 0.3) is 0 Å². The summed E-state index contributed by atoms with van der Waals surface area (Å²) >= 11 is 0. The Hall–Kier alpha value is -1.35. The van der Waals surface area contributed by atoms with E-state index in [-0.39, 0.29) is 17.9 Å². The monoisotopic (exact) mass is 219 g/mol. The Balaban J connectivity index is 2.07. The molecule has 2 N–H and O–H groups in total. The molecule has 1 saturated carbocycles. The molecular formula is C13H17NO2. The molecule has 0 aliphatic heterocycles. The molecule has 0 heterocycles. The van der Waals surface area contributed by atoms with Crippen LogP contribution >= 0.6 is 0 Å². The highest BCUT2D eigenvalue weighted by atomic mass is 16.3. The summed E-state index contributed by atoms with van der Waals surface area (Å²) in [5.74, 6) is -0.0551. The van der Waals surface area contributed by atoms with Gasteiger partial charge in [0.1, 0.15) is 0 Å². The highest BCUT2D eigenvalue weighted by Crippen LogP contribution is 2.47. The quantitative estimate of drug-likeness (QED) is 0.813. The van der Waals surface area contributed by atoms with Crippen molar-refractivity contribution in [3.05, 3.63) is 29.8 Å². The molecule has 86 valence electrons. The third-order valence-corrected chi connectivity index (χ3v) is 3.12. The lowest BCUT2D eigenvalue weighted by molar-refractivity contribution is -0.114. The van der Waals surface area contributed by atoms with E-state index in [0.717, 1.165) is 24.9 Å². The number of hydrogen-bond donors (Lipinski definition) is 2. The summed E-state index contributed by atoms with van der Waals surface area (Å²) in [5.41, 5.74) is 2.13. The van der Waals surface area contributed by atoms with Gasteiger partial charge in [-0.2, -0.15) is 0 Å². The Bertz CT molecular complexity index is 397. The number of carbonyl (C=O) groups is 1. The van der Waals surface area contributed by atoms with Gasteiger partial charge in [-0.1, -0.05) is 12.1 Å². The van der Waals surface area contributed by atoms with Gasteiger partial charge >= 0.3 is 0 Å². The SMILES string of the molecule is CC(=O)Nc1cccc(CC2(CO)CC2)c1. The minimum Gasteiger partial charge on any atom is -0.396 e. The van der Waals surface area contributed by atoms with E-state index in [1.54, 1.807) is 0 Å². The summed E-state index contributed by atoms with van der Waals surface area (Å²) in [6, 6.07) is 7.84. The zero-order valence-electron chi connectivity index (χ0n) is 9.49. The van der Waals surface area contributed by atoms with E-state index in [0.29, 0.717) is 0 Å².